The molecule has 2 N–H and O–H groups in total. The molecule has 0 bridgehead atoms. The maximum atomic E-state index is 13.1. The summed E-state index contributed by atoms with van der Waals surface area (Å²) in [5.41, 5.74) is 1.22. The fourth-order valence-electron chi connectivity index (χ4n) is 3.49. The normalized spacial score (nSPS) is 14.6. The second-order valence-electron chi connectivity index (χ2n) is 7.16. The lowest BCUT2D eigenvalue weighted by Gasteiger charge is -2.31. The topological polar surface area (TPSA) is 121 Å². The number of piperazine rings is 1. The summed E-state index contributed by atoms with van der Waals surface area (Å²) >= 11 is 1.18. The number of likely N-dealkylation sites (N-methyl/N-ethyl adjacent to an activating group) is 1. The molecule has 11 heteroatoms. The molecule has 162 valence electrons. The summed E-state index contributed by atoms with van der Waals surface area (Å²) in [5, 5.41) is 3.54. The highest BCUT2D eigenvalue weighted by Gasteiger charge is 2.29. The molecule has 4 heterocycles. The van der Waals surface area contributed by atoms with Crippen LogP contribution < -0.4 is 10.1 Å². The number of methoxy groups -OCH3 is 1. The van der Waals surface area contributed by atoms with Gasteiger partial charge in [-0.2, -0.15) is 0 Å². The second-order valence-corrected chi connectivity index (χ2v) is 8.19. The van der Waals surface area contributed by atoms with Crippen molar-refractivity contribution in [2.75, 3.05) is 47.4 Å². The van der Waals surface area contributed by atoms with Crippen LogP contribution in [-0.2, 0) is 4.79 Å². The van der Waals surface area contributed by atoms with Crippen LogP contribution in [0.1, 0.15) is 20.0 Å². The van der Waals surface area contributed by atoms with E-state index in [1.54, 1.807) is 11.9 Å². The number of hydrogen-bond donors (Lipinski definition) is 2. The lowest BCUT2D eigenvalue weighted by Crippen LogP contribution is -2.49. The summed E-state index contributed by atoms with van der Waals surface area (Å²) in [6.45, 7) is 2.47. The molecule has 1 saturated heterocycles. The predicted octanol–water partition coefficient (Wildman–Crippen LogP) is 1.01. The van der Waals surface area contributed by atoms with Gasteiger partial charge in [0, 0.05) is 39.4 Å². The van der Waals surface area contributed by atoms with Crippen LogP contribution in [0.3, 0.4) is 0 Å². The van der Waals surface area contributed by atoms with E-state index in [2.05, 4.69) is 25.2 Å². The van der Waals surface area contributed by atoms with Crippen LogP contribution in [0.5, 0.6) is 5.75 Å². The summed E-state index contributed by atoms with van der Waals surface area (Å²) in [6.07, 6.45) is 4.47. The third-order valence-electron chi connectivity index (χ3n) is 5.28. The van der Waals surface area contributed by atoms with E-state index in [9.17, 15) is 14.4 Å². The lowest BCUT2D eigenvalue weighted by atomic mass is 10.1. The van der Waals surface area contributed by atoms with E-state index in [1.165, 1.54) is 37.0 Å². The number of hydrogen-bond acceptors (Lipinski definition) is 8. The zero-order valence-electron chi connectivity index (χ0n) is 17.4. The van der Waals surface area contributed by atoms with Gasteiger partial charge in [0.15, 0.2) is 0 Å². The first kappa shape index (κ1) is 20.9. The van der Waals surface area contributed by atoms with Gasteiger partial charge in [0.05, 0.1) is 36.0 Å². The third kappa shape index (κ3) is 3.77. The minimum absolute atomic E-state index is 0.225. The Hall–Kier alpha value is -3.31. The Bertz CT molecular complexity index is 1160. The molecule has 10 nitrogen and oxygen atoms in total. The Morgan fingerprint density at radius 3 is 2.58 bits per heavy atom. The number of thiazole rings is 1. The van der Waals surface area contributed by atoms with Crippen LogP contribution >= 0.6 is 11.3 Å². The second kappa shape index (κ2) is 8.44. The molecule has 0 aromatic carbocycles. The number of carbonyl (C=O) groups excluding carboxylic acids is 3. The molecule has 0 spiro atoms. The van der Waals surface area contributed by atoms with Crippen molar-refractivity contribution in [2.24, 2.45) is 0 Å². The minimum atomic E-state index is -0.601. The van der Waals surface area contributed by atoms with Crippen molar-refractivity contribution in [1.82, 2.24) is 30.1 Å². The van der Waals surface area contributed by atoms with Gasteiger partial charge < -0.3 is 24.8 Å². The first-order valence-electron chi connectivity index (χ1n) is 9.69. The fourth-order valence-corrected chi connectivity index (χ4v) is 4.36. The summed E-state index contributed by atoms with van der Waals surface area (Å²) in [4.78, 5) is 53.7. The zero-order valence-corrected chi connectivity index (χ0v) is 18.2. The van der Waals surface area contributed by atoms with Gasteiger partial charge in [-0.3, -0.25) is 14.4 Å². The fraction of sp³-hybridized carbons (Fsp3) is 0.350. The number of ether oxygens (including phenoxy) is 1. The summed E-state index contributed by atoms with van der Waals surface area (Å²) in [6, 6.07) is 0. The average Bonchev–Trinajstić information content (AvgIpc) is 3.45. The molecule has 0 aliphatic carbocycles. The van der Waals surface area contributed by atoms with E-state index in [4.69, 9.17) is 4.74 Å². The van der Waals surface area contributed by atoms with E-state index in [0.29, 0.717) is 45.3 Å². The largest absolute Gasteiger partial charge is 0.494 e. The van der Waals surface area contributed by atoms with Crippen molar-refractivity contribution >= 4 is 39.8 Å². The smallest absolute Gasteiger partial charge is 0.295 e. The molecule has 4 rings (SSSR count). The average molecular weight is 443 g/mol. The third-order valence-corrected chi connectivity index (χ3v) is 6.29. The Morgan fingerprint density at radius 2 is 1.90 bits per heavy atom. The summed E-state index contributed by atoms with van der Waals surface area (Å²) in [5.74, 6) is -1.01. The van der Waals surface area contributed by atoms with Gasteiger partial charge in [-0.25, -0.2) is 9.97 Å². The van der Waals surface area contributed by atoms with Crippen LogP contribution in [0.15, 0.2) is 18.6 Å². The van der Waals surface area contributed by atoms with Crippen LogP contribution in [-0.4, -0.2) is 89.7 Å². The number of rotatable bonds is 5. The Kier molecular flexibility index (Phi) is 5.70. The van der Waals surface area contributed by atoms with Crippen LogP contribution in [0.25, 0.3) is 21.6 Å². The number of H-pyrrole nitrogens is 1. The maximum absolute atomic E-state index is 13.1. The first-order valence-corrected chi connectivity index (χ1v) is 10.5. The molecule has 0 atom stereocenters. The summed E-state index contributed by atoms with van der Waals surface area (Å²) in [7, 11) is 5.01. The molecule has 0 radical (unpaired) electrons. The van der Waals surface area contributed by atoms with Gasteiger partial charge in [0.2, 0.25) is 0 Å². The molecule has 2 amide bonds. The van der Waals surface area contributed by atoms with Gasteiger partial charge in [-0.15, -0.1) is 11.3 Å². The number of nitrogens with zero attached hydrogens (tertiary/aromatic N) is 4. The van der Waals surface area contributed by atoms with Crippen LogP contribution in [0, 0.1) is 0 Å². The minimum Gasteiger partial charge on any atom is -0.494 e. The van der Waals surface area contributed by atoms with E-state index >= 15 is 0 Å². The number of carbonyl (C=O) groups is 3. The van der Waals surface area contributed by atoms with Gasteiger partial charge in [0.25, 0.3) is 17.6 Å². The van der Waals surface area contributed by atoms with Gasteiger partial charge in [0.1, 0.15) is 21.3 Å². The molecule has 1 aliphatic rings. The first-order chi connectivity index (χ1) is 14.9. The van der Waals surface area contributed by atoms with Crippen molar-refractivity contribution in [3.8, 4) is 16.5 Å². The SMILES string of the molecule is CNC(=O)c1cnc(-c2ncc(OC)c3c(C(=O)C(=O)N4CCN(C)CC4)c[nH]c23)s1. The maximum Gasteiger partial charge on any atom is 0.295 e. The molecule has 31 heavy (non-hydrogen) atoms. The molecular weight excluding hydrogens is 420 g/mol. The Balaban J connectivity index is 1.73. The Morgan fingerprint density at radius 1 is 1.16 bits per heavy atom. The highest BCUT2D eigenvalue weighted by atomic mass is 32.1. The van der Waals surface area contributed by atoms with Crippen molar-refractivity contribution in [3.63, 3.8) is 0 Å². The van der Waals surface area contributed by atoms with Crippen molar-refractivity contribution in [2.45, 2.75) is 0 Å². The molecule has 0 saturated carbocycles. The number of aromatic nitrogens is 3. The number of pyridine rings is 1. The molecule has 1 aliphatic heterocycles. The monoisotopic (exact) mass is 442 g/mol. The number of Topliss-reactive ketones (excluding diaryl/α,β-unsaturated/α-hetero) is 1. The predicted molar refractivity (Wildman–Crippen MR) is 116 cm³/mol. The Labute approximate surface area is 182 Å². The van der Waals surface area contributed by atoms with Crippen molar-refractivity contribution in [1.29, 1.82) is 0 Å². The lowest BCUT2D eigenvalue weighted by molar-refractivity contribution is -0.127. The van der Waals surface area contributed by atoms with E-state index in [0.717, 1.165) is 13.1 Å². The molecule has 3 aromatic heterocycles. The van der Waals surface area contributed by atoms with Crippen LogP contribution in [0.2, 0.25) is 0 Å². The van der Waals surface area contributed by atoms with Crippen molar-refractivity contribution in [3.05, 3.63) is 29.0 Å². The standard InChI is InChI=1S/C20H22N6O4S/c1-21-18(28)13-10-24-19(31-13)16-15-14(12(30-3)9-23-16)11(8-22-15)17(27)20(29)26-6-4-25(2)5-7-26/h8-10,22H,4-7H2,1-3H3,(H,21,28). The molecule has 3 aromatic rings. The van der Waals surface area contributed by atoms with Gasteiger partial charge >= 0.3 is 0 Å². The van der Waals surface area contributed by atoms with Gasteiger partial charge in [-0.05, 0) is 7.05 Å². The highest BCUT2D eigenvalue weighted by molar-refractivity contribution is 7.17. The number of nitrogens with one attached hydrogen (secondary N) is 2. The van der Waals surface area contributed by atoms with E-state index < -0.39 is 11.7 Å². The van der Waals surface area contributed by atoms with E-state index in [1.807, 2.05) is 7.05 Å². The number of aromatic amines is 1. The highest BCUT2D eigenvalue weighted by Crippen LogP contribution is 2.36. The molecular formula is C20H22N6O4S. The number of fused-ring (bicyclic) bond motifs is 1. The number of amides is 2. The van der Waals surface area contributed by atoms with E-state index in [-0.39, 0.29) is 11.5 Å². The van der Waals surface area contributed by atoms with Gasteiger partial charge in [-0.1, -0.05) is 0 Å². The molecule has 0 unspecified atom stereocenters. The quantitative estimate of drug-likeness (QED) is 0.447. The zero-order chi connectivity index (χ0) is 22.1. The molecule has 1 fully saturated rings. The van der Waals surface area contributed by atoms with Crippen molar-refractivity contribution < 1.29 is 19.1 Å². The number of ketones is 1. The summed E-state index contributed by atoms with van der Waals surface area (Å²) < 4.78 is 5.42. The van der Waals surface area contributed by atoms with Crippen LogP contribution in [0.4, 0.5) is 0 Å².